The van der Waals surface area contributed by atoms with Gasteiger partial charge in [0.1, 0.15) is 16.5 Å². The summed E-state index contributed by atoms with van der Waals surface area (Å²) in [7, 11) is 1.58. The molecule has 148 valence electrons. The highest BCUT2D eigenvalue weighted by Crippen LogP contribution is 2.32. The lowest BCUT2D eigenvalue weighted by Gasteiger charge is -2.07. The summed E-state index contributed by atoms with van der Waals surface area (Å²) in [5.74, 6) is -0.843. The van der Waals surface area contributed by atoms with Crippen LogP contribution in [0.4, 0.5) is 5.69 Å². The van der Waals surface area contributed by atoms with Crippen LogP contribution < -0.4 is 21.1 Å². The molecule has 29 heavy (non-hydrogen) atoms. The summed E-state index contributed by atoms with van der Waals surface area (Å²) < 4.78 is 5.33. The van der Waals surface area contributed by atoms with Gasteiger partial charge < -0.3 is 21.1 Å². The summed E-state index contributed by atoms with van der Waals surface area (Å²) in [6.07, 6.45) is 0. The zero-order valence-electron chi connectivity index (χ0n) is 15.5. The number of ether oxygens (including phenoxy) is 1. The number of anilines is 1. The largest absolute Gasteiger partial charge is 0.496 e. The number of rotatable bonds is 7. The number of thiazole rings is 1. The molecular formula is C20H18N4O4S. The van der Waals surface area contributed by atoms with Gasteiger partial charge in [0.2, 0.25) is 5.91 Å². The first kappa shape index (κ1) is 20.0. The molecule has 0 saturated heterocycles. The Kier molecular flexibility index (Phi) is 6.20. The van der Waals surface area contributed by atoms with Crippen LogP contribution in [0.5, 0.6) is 5.75 Å². The Morgan fingerprint density at radius 3 is 2.66 bits per heavy atom. The van der Waals surface area contributed by atoms with Crippen molar-refractivity contribution in [2.24, 2.45) is 5.73 Å². The highest BCUT2D eigenvalue weighted by Gasteiger charge is 2.15. The normalized spacial score (nSPS) is 10.2. The van der Waals surface area contributed by atoms with Gasteiger partial charge in [-0.25, -0.2) is 4.98 Å². The summed E-state index contributed by atoms with van der Waals surface area (Å²) in [5.41, 5.74) is 6.78. The molecule has 1 aromatic heterocycles. The van der Waals surface area contributed by atoms with E-state index in [-0.39, 0.29) is 17.8 Å². The van der Waals surface area contributed by atoms with E-state index in [1.165, 1.54) is 17.4 Å². The predicted molar refractivity (Wildman–Crippen MR) is 110 cm³/mol. The molecule has 0 aliphatic heterocycles. The number of nitrogens with two attached hydrogens (primary N) is 1. The number of para-hydroxylation sites is 1. The first-order valence-electron chi connectivity index (χ1n) is 8.54. The van der Waals surface area contributed by atoms with Crippen molar-refractivity contribution >= 4 is 34.7 Å². The van der Waals surface area contributed by atoms with Gasteiger partial charge in [-0.15, -0.1) is 11.3 Å². The molecule has 3 amide bonds. The number of aromatic nitrogens is 1. The van der Waals surface area contributed by atoms with Gasteiger partial charge in [0.15, 0.2) is 0 Å². The van der Waals surface area contributed by atoms with Gasteiger partial charge in [-0.2, -0.15) is 0 Å². The Labute approximate surface area is 170 Å². The Hall–Kier alpha value is -3.72. The van der Waals surface area contributed by atoms with Crippen LogP contribution in [0, 0.1) is 0 Å². The Morgan fingerprint density at radius 1 is 1.10 bits per heavy atom. The second kappa shape index (κ2) is 8.98. The number of amides is 3. The lowest BCUT2D eigenvalue weighted by molar-refractivity contribution is -0.117. The molecule has 0 unspecified atom stereocenters. The quantitative estimate of drug-likeness (QED) is 0.551. The van der Waals surface area contributed by atoms with Crippen LogP contribution in [0.25, 0.3) is 10.6 Å². The molecule has 0 radical (unpaired) electrons. The average Bonchev–Trinajstić information content (AvgIpc) is 3.22. The van der Waals surface area contributed by atoms with Crippen molar-refractivity contribution in [3.63, 3.8) is 0 Å². The molecule has 9 heteroatoms. The molecule has 0 atom stereocenters. The second-order valence-electron chi connectivity index (χ2n) is 5.92. The first-order valence-corrected chi connectivity index (χ1v) is 9.42. The minimum absolute atomic E-state index is 0.250. The molecule has 3 rings (SSSR count). The van der Waals surface area contributed by atoms with E-state index in [2.05, 4.69) is 15.6 Å². The van der Waals surface area contributed by atoms with Gasteiger partial charge in [-0.3, -0.25) is 14.4 Å². The molecule has 2 aromatic carbocycles. The summed E-state index contributed by atoms with van der Waals surface area (Å²) in [6.45, 7) is -0.264. The van der Waals surface area contributed by atoms with Crippen molar-refractivity contribution in [2.45, 2.75) is 0 Å². The number of carbonyl (C=O) groups excluding carboxylic acids is 3. The third-order valence-electron chi connectivity index (χ3n) is 3.88. The van der Waals surface area contributed by atoms with E-state index in [1.54, 1.807) is 30.7 Å². The van der Waals surface area contributed by atoms with E-state index in [0.29, 0.717) is 16.4 Å². The molecule has 3 aromatic rings. The molecule has 0 fully saturated rings. The van der Waals surface area contributed by atoms with Gasteiger partial charge >= 0.3 is 0 Å². The number of hydrogen-bond donors (Lipinski definition) is 3. The fourth-order valence-corrected chi connectivity index (χ4v) is 3.36. The standard InChI is InChI=1S/C20H18N4O4S/c1-28-16-8-3-2-7-14(16)20-24-15(11-29-20)19(27)23-13-6-4-5-12(9-13)18(26)22-10-17(21)25/h2-9,11H,10H2,1H3,(H2,21,25)(H,22,26)(H,23,27). The monoisotopic (exact) mass is 410 g/mol. The summed E-state index contributed by atoms with van der Waals surface area (Å²) >= 11 is 1.33. The summed E-state index contributed by atoms with van der Waals surface area (Å²) in [6, 6.07) is 13.8. The highest BCUT2D eigenvalue weighted by molar-refractivity contribution is 7.13. The fourth-order valence-electron chi connectivity index (χ4n) is 2.53. The third kappa shape index (κ3) is 4.96. The van der Waals surface area contributed by atoms with Crippen LogP contribution in [0.2, 0.25) is 0 Å². The number of nitrogens with zero attached hydrogens (tertiary/aromatic N) is 1. The predicted octanol–water partition coefficient (Wildman–Crippen LogP) is 2.29. The van der Waals surface area contributed by atoms with Gasteiger partial charge in [-0.1, -0.05) is 18.2 Å². The van der Waals surface area contributed by atoms with Crippen LogP contribution in [-0.2, 0) is 4.79 Å². The van der Waals surface area contributed by atoms with E-state index >= 15 is 0 Å². The summed E-state index contributed by atoms with van der Waals surface area (Å²) in [5, 5.41) is 7.42. The lowest BCUT2D eigenvalue weighted by atomic mass is 10.2. The smallest absolute Gasteiger partial charge is 0.275 e. The average molecular weight is 410 g/mol. The zero-order valence-corrected chi connectivity index (χ0v) is 16.3. The molecule has 4 N–H and O–H groups in total. The lowest BCUT2D eigenvalue weighted by Crippen LogP contribution is -2.33. The maximum absolute atomic E-state index is 12.5. The van der Waals surface area contributed by atoms with Crippen LogP contribution in [0.1, 0.15) is 20.8 Å². The van der Waals surface area contributed by atoms with Gasteiger partial charge in [-0.05, 0) is 30.3 Å². The zero-order chi connectivity index (χ0) is 20.8. The van der Waals surface area contributed by atoms with Crippen LogP contribution in [-0.4, -0.2) is 36.4 Å². The number of methoxy groups -OCH3 is 1. The van der Waals surface area contributed by atoms with Crippen LogP contribution in [0.15, 0.2) is 53.9 Å². The van der Waals surface area contributed by atoms with Crippen molar-refractivity contribution < 1.29 is 19.1 Å². The first-order chi connectivity index (χ1) is 14.0. The minimum atomic E-state index is -0.641. The Bertz CT molecular complexity index is 1060. The van der Waals surface area contributed by atoms with E-state index in [1.807, 2.05) is 24.3 Å². The number of primary amides is 1. The summed E-state index contributed by atoms with van der Waals surface area (Å²) in [4.78, 5) is 39.7. The maximum atomic E-state index is 12.5. The Balaban J connectivity index is 1.73. The molecule has 8 nitrogen and oxygen atoms in total. The molecule has 0 bridgehead atoms. The van der Waals surface area contributed by atoms with Crippen LogP contribution in [0.3, 0.4) is 0 Å². The maximum Gasteiger partial charge on any atom is 0.275 e. The van der Waals surface area contributed by atoms with Crippen molar-refractivity contribution in [1.29, 1.82) is 0 Å². The second-order valence-corrected chi connectivity index (χ2v) is 6.78. The SMILES string of the molecule is COc1ccccc1-c1nc(C(=O)Nc2cccc(C(=O)NCC(N)=O)c2)cs1. The minimum Gasteiger partial charge on any atom is -0.496 e. The van der Waals surface area contributed by atoms with Crippen molar-refractivity contribution in [1.82, 2.24) is 10.3 Å². The van der Waals surface area contributed by atoms with E-state index < -0.39 is 17.7 Å². The number of carbonyl (C=O) groups is 3. The molecule has 0 aliphatic rings. The molecule has 1 heterocycles. The molecular weight excluding hydrogens is 392 g/mol. The van der Waals surface area contributed by atoms with Crippen molar-refractivity contribution in [2.75, 3.05) is 19.0 Å². The number of nitrogens with one attached hydrogen (secondary N) is 2. The molecule has 0 spiro atoms. The Morgan fingerprint density at radius 2 is 1.90 bits per heavy atom. The van der Waals surface area contributed by atoms with E-state index in [9.17, 15) is 14.4 Å². The highest BCUT2D eigenvalue weighted by atomic mass is 32.1. The van der Waals surface area contributed by atoms with E-state index in [0.717, 1.165) is 5.56 Å². The topological polar surface area (TPSA) is 123 Å². The number of benzene rings is 2. The molecule has 0 aliphatic carbocycles. The van der Waals surface area contributed by atoms with Crippen LogP contribution >= 0.6 is 11.3 Å². The van der Waals surface area contributed by atoms with Gasteiger partial charge in [0.25, 0.3) is 11.8 Å². The van der Waals surface area contributed by atoms with Gasteiger partial charge in [0, 0.05) is 16.6 Å². The number of hydrogen-bond acceptors (Lipinski definition) is 6. The third-order valence-corrected chi connectivity index (χ3v) is 4.76. The van der Waals surface area contributed by atoms with Crippen molar-refractivity contribution in [3.8, 4) is 16.3 Å². The van der Waals surface area contributed by atoms with Crippen molar-refractivity contribution in [3.05, 3.63) is 65.2 Å². The molecule has 0 saturated carbocycles. The van der Waals surface area contributed by atoms with E-state index in [4.69, 9.17) is 10.5 Å². The fraction of sp³-hybridized carbons (Fsp3) is 0.100. The van der Waals surface area contributed by atoms with Gasteiger partial charge in [0.05, 0.1) is 19.2 Å².